The highest BCUT2D eigenvalue weighted by atomic mass is 35.5. The van der Waals surface area contributed by atoms with E-state index in [4.69, 9.17) is 0 Å². The van der Waals surface area contributed by atoms with Crippen LogP contribution in [-0.4, -0.2) is 44.3 Å². The van der Waals surface area contributed by atoms with Gasteiger partial charge in [0.2, 0.25) is 10.0 Å². The van der Waals surface area contributed by atoms with Crippen LogP contribution >= 0.6 is 12.4 Å². The zero-order chi connectivity index (χ0) is 16.3. The minimum Gasteiger partial charge on any atom is -0.319 e. The van der Waals surface area contributed by atoms with Crippen LogP contribution < -0.4 is 5.32 Å². The topological polar surface area (TPSA) is 92.6 Å². The average molecular weight is 364 g/mol. The largest absolute Gasteiger partial charge is 0.319 e. The molecule has 1 aliphatic rings. The number of sulfonamides is 1. The first-order valence-electron chi connectivity index (χ1n) is 7.26. The maximum Gasteiger partial charge on any atom is 0.273 e. The minimum atomic E-state index is -3.68. The number of hydrogen-bond acceptors (Lipinski definition) is 5. The van der Waals surface area contributed by atoms with E-state index in [2.05, 4.69) is 5.32 Å². The van der Waals surface area contributed by atoms with Crippen molar-refractivity contribution in [1.29, 1.82) is 0 Å². The fraction of sp³-hybridized carbons (Fsp3) is 0.571. The second-order valence-electron chi connectivity index (χ2n) is 5.63. The predicted octanol–water partition coefficient (Wildman–Crippen LogP) is 1.95. The van der Waals surface area contributed by atoms with Gasteiger partial charge in [-0.3, -0.25) is 10.1 Å². The van der Waals surface area contributed by atoms with Gasteiger partial charge in [-0.15, -0.1) is 12.4 Å². The number of hydrogen-bond donors (Lipinski definition) is 1. The summed E-state index contributed by atoms with van der Waals surface area (Å²) in [5.41, 5.74) is 0.292. The summed E-state index contributed by atoms with van der Waals surface area (Å²) in [6.45, 7) is 3.27. The number of rotatable bonds is 5. The van der Waals surface area contributed by atoms with Gasteiger partial charge >= 0.3 is 0 Å². The van der Waals surface area contributed by atoms with Crippen molar-refractivity contribution in [3.05, 3.63) is 33.9 Å². The van der Waals surface area contributed by atoms with E-state index >= 15 is 0 Å². The van der Waals surface area contributed by atoms with Crippen LogP contribution in [0.15, 0.2) is 23.1 Å². The molecule has 0 radical (unpaired) electrons. The fourth-order valence-corrected chi connectivity index (χ4v) is 4.37. The monoisotopic (exact) mass is 363 g/mol. The van der Waals surface area contributed by atoms with Gasteiger partial charge in [0.15, 0.2) is 0 Å². The standard InChI is InChI=1S/C14H21N3O4S.ClH/c1-11-5-6-13(8-14(11)17(18)19)22(20,21)16-7-3-4-12(10-16)9-15-2;/h5-6,8,12,15H,3-4,7,9-10H2,1-2H3;1H. The number of aryl methyl sites for hydroxylation is 1. The predicted molar refractivity (Wildman–Crippen MR) is 90.5 cm³/mol. The molecule has 0 saturated carbocycles. The Hall–Kier alpha value is -1.22. The Morgan fingerprint density at radius 1 is 1.43 bits per heavy atom. The molecule has 1 unspecified atom stereocenters. The molecule has 1 atom stereocenters. The van der Waals surface area contributed by atoms with Crippen LogP contribution in [0.4, 0.5) is 5.69 Å². The summed E-state index contributed by atoms with van der Waals surface area (Å²) in [5.74, 6) is 0.272. The molecule has 1 saturated heterocycles. The molecular weight excluding hydrogens is 342 g/mol. The molecule has 1 aliphatic heterocycles. The van der Waals surface area contributed by atoms with E-state index in [0.29, 0.717) is 18.7 Å². The van der Waals surface area contributed by atoms with E-state index in [-0.39, 0.29) is 28.9 Å². The molecule has 7 nitrogen and oxygen atoms in total. The lowest BCUT2D eigenvalue weighted by molar-refractivity contribution is -0.385. The van der Waals surface area contributed by atoms with Crippen molar-refractivity contribution in [2.45, 2.75) is 24.7 Å². The molecule has 1 fully saturated rings. The molecule has 0 amide bonds. The molecule has 1 aromatic rings. The molecule has 1 N–H and O–H groups in total. The van der Waals surface area contributed by atoms with Crippen LogP contribution in [0.5, 0.6) is 0 Å². The molecule has 1 heterocycles. The lowest BCUT2D eigenvalue weighted by Gasteiger charge is -2.31. The number of benzene rings is 1. The van der Waals surface area contributed by atoms with Crippen molar-refractivity contribution in [3.63, 3.8) is 0 Å². The quantitative estimate of drug-likeness (QED) is 0.637. The first-order valence-corrected chi connectivity index (χ1v) is 8.70. The van der Waals surface area contributed by atoms with Gasteiger partial charge < -0.3 is 5.32 Å². The molecule has 0 aliphatic carbocycles. The molecule has 9 heteroatoms. The van der Waals surface area contributed by atoms with Gasteiger partial charge in [0.05, 0.1) is 9.82 Å². The first-order chi connectivity index (χ1) is 10.4. The summed E-state index contributed by atoms with van der Waals surface area (Å²) >= 11 is 0. The van der Waals surface area contributed by atoms with Crippen molar-refractivity contribution < 1.29 is 13.3 Å². The van der Waals surface area contributed by atoms with E-state index in [1.54, 1.807) is 6.92 Å². The molecular formula is C14H22ClN3O4S. The summed E-state index contributed by atoms with van der Waals surface area (Å²) in [6, 6.07) is 4.09. The number of nitro groups is 1. The van der Waals surface area contributed by atoms with E-state index < -0.39 is 14.9 Å². The highest BCUT2D eigenvalue weighted by Crippen LogP contribution is 2.27. The smallest absolute Gasteiger partial charge is 0.273 e. The maximum atomic E-state index is 12.7. The number of nitro benzene ring substituents is 1. The van der Waals surface area contributed by atoms with Crippen LogP contribution in [0.25, 0.3) is 0 Å². The summed E-state index contributed by atoms with van der Waals surface area (Å²) in [7, 11) is -1.84. The fourth-order valence-electron chi connectivity index (χ4n) is 2.80. The molecule has 0 bridgehead atoms. The normalized spacial score (nSPS) is 19.1. The first kappa shape index (κ1) is 19.8. The number of piperidine rings is 1. The van der Waals surface area contributed by atoms with Crippen LogP contribution in [0.2, 0.25) is 0 Å². The average Bonchev–Trinajstić information content (AvgIpc) is 2.48. The third-order valence-corrected chi connectivity index (χ3v) is 5.85. The van der Waals surface area contributed by atoms with Gasteiger partial charge in [-0.1, -0.05) is 6.07 Å². The van der Waals surface area contributed by atoms with Crippen LogP contribution in [-0.2, 0) is 10.0 Å². The Bertz CT molecular complexity index is 664. The summed E-state index contributed by atoms with van der Waals surface area (Å²) in [4.78, 5) is 10.5. The molecule has 23 heavy (non-hydrogen) atoms. The van der Waals surface area contributed by atoms with Crippen LogP contribution in [0, 0.1) is 23.0 Å². The van der Waals surface area contributed by atoms with E-state index in [1.807, 2.05) is 7.05 Å². The molecule has 130 valence electrons. The Kier molecular flexibility index (Phi) is 6.94. The van der Waals surface area contributed by atoms with E-state index in [1.165, 1.54) is 16.4 Å². The minimum absolute atomic E-state index is 0. The SMILES string of the molecule is CNCC1CCCN(S(=O)(=O)c2ccc(C)c([N+](=O)[O-])c2)C1.Cl. The zero-order valence-corrected chi connectivity index (χ0v) is 14.8. The molecule has 0 aromatic heterocycles. The highest BCUT2D eigenvalue weighted by molar-refractivity contribution is 7.89. The number of nitrogens with one attached hydrogen (secondary N) is 1. The van der Waals surface area contributed by atoms with Crippen LogP contribution in [0.1, 0.15) is 18.4 Å². The van der Waals surface area contributed by atoms with Gasteiger partial charge in [-0.05, 0) is 45.3 Å². The summed E-state index contributed by atoms with van der Waals surface area (Å²) in [6.07, 6.45) is 1.79. The number of nitrogens with zero attached hydrogens (tertiary/aromatic N) is 2. The van der Waals surface area contributed by atoms with Gasteiger partial charge in [-0.2, -0.15) is 4.31 Å². The third kappa shape index (κ3) is 4.41. The van der Waals surface area contributed by atoms with Gasteiger partial charge in [-0.25, -0.2) is 8.42 Å². The second kappa shape index (κ2) is 8.05. The van der Waals surface area contributed by atoms with E-state index in [9.17, 15) is 18.5 Å². The van der Waals surface area contributed by atoms with Crippen molar-refractivity contribution in [2.24, 2.45) is 5.92 Å². The maximum absolute atomic E-state index is 12.7. The van der Waals surface area contributed by atoms with E-state index in [0.717, 1.165) is 25.5 Å². The lowest BCUT2D eigenvalue weighted by atomic mass is 10.00. The Morgan fingerprint density at radius 3 is 2.74 bits per heavy atom. The Labute approximate surface area is 142 Å². The third-order valence-electron chi connectivity index (χ3n) is 3.99. The van der Waals surface area contributed by atoms with Gasteiger partial charge in [0.25, 0.3) is 5.69 Å². The van der Waals surface area contributed by atoms with Crippen molar-refractivity contribution >= 4 is 28.1 Å². The summed E-state index contributed by atoms with van der Waals surface area (Å²) in [5, 5.41) is 14.1. The zero-order valence-electron chi connectivity index (χ0n) is 13.2. The van der Waals surface area contributed by atoms with Gasteiger partial charge in [0, 0.05) is 24.7 Å². The van der Waals surface area contributed by atoms with Crippen LogP contribution in [0.3, 0.4) is 0 Å². The van der Waals surface area contributed by atoms with Crippen molar-refractivity contribution in [2.75, 3.05) is 26.7 Å². The van der Waals surface area contributed by atoms with Gasteiger partial charge in [0.1, 0.15) is 0 Å². The van der Waals surface area contributed by atoms with Crippen molar-refractivity contribution in [3.8, 4) is 0 Å². The molecule has 0 spiro atoms. The Morgan fingerprint density at radius 2 is 2.13 bits per heavy atom. The highest BCUT2D eigenvalue weighted by Gasteiger charge is 2.31. The summed E-state index contributed by atoms with van der Waals surface area (Å²) < 4.78 is 26.8. The van der Waals surface area contributed by atoms with Crippen molar-refractivity contribution in [1.82, 2.24) is 9.62 Å². The molecule has 1 aromatic carbocycles. The lowest BCUT2D eigenvalue weighted by Crippen LogP contribution is -2.42. The molecule has 2 rings (SSSR count). The number of halogens is 1. The Balaban J connectivity index is 0.00000264. The second-order valence-corrected chi connectivity index (χ2v) is 7.57.